The van der Waals surface area contributed by atoms with Crippen LogP contribution in [0.3, 0.4) is 0 Å². The maximum atomic E-state index is 12.4. The van der Waals surface area contributed by atoms with Crippen LogP contribution in [0.25, 0.3) is 0 Å². The van der Waals surface area contributed by atoms with E-state index in [0.717, 1.165) is 26.9 Å². The molecule has 0 aliphatic carbocycles. The lowest BCUT2D eigenvalue weighted by molar-refractivity contribution is -0.120. The van der Waals surface area contributed by atoms with Gasteiger partial charge in [0.15, 0.2) is 0 Å². The lowest BCUT2D eigenvalue weighted by atomic mass is 10.1. The summed E-state index contributed by atoms with van der Waals surface area (Å²) in [5.74, 6) is -0.385. The highest BCUT2D eigenvalue weighted by molar-refractivity contribution is 9.10. The molecule has 0 spiro atoms. The standard InChI is InChI=1S/C19H21BrN2O2/c1-12-6-5-7-13(2)19(12)22(15(4)23)11-18(24)21-16-8-9-17(20)14(3)10-16/h5-10H,11H2,1-4H3,(H,21,24). The van der Waals surface area contributed by atoms with Gasteiger partial charge >= 0.3 is 0 Å². The third-order valence-corrected chi connectivity index (χ3v) is 4.72. The Morgan fingerprint density at radius 3 is 2.21 bits per heavy atom. The Hall–Kier alpha value is -2.14. The van der Waals surface area contributed by atoms with Crippen LogP contribution < -0.4 is 10.2 Å². The zero-order chi connectivity index (χ0) is 17.9. The molecule has 0 fully saturated rings. The van der Waals surface area contributed by atoms with Crippen molar-refractivity contribution in [2.75, 3.05) is 16.8 Å². The van der Waals surface area contributed by atoms with Crippen LogP contribution in [0.4, 0.5) is 11.4 Å². The van der Waals surface area contributed by atoms with Crippen LogP contribution in [0.5, 0.6) is 0 Å². The van der Waals surface area contributed by atoms with Gasteiger partial charge in [0.1, 0.15) is 6.54 Å². The largest absolute Gasteiger partial charge is 0.325 e. The highest BCUT2D eigenvalue weighted by Gasteiger charge is 2.19. The predicted octanol–water partition coefficient (Wildman–Crippen LogP) is 4.37. The maximum Gasteiger partial charge on any atom is 0.244 e. The monoisotopic (exact) mass is 388 g/mol. The first-order chi connectivity index (χ1) is 11.3. The molecule has 1 N–H and O–H groups in total. The number of benzene rings is 2. The third-order valence-electron chi connectivity index (χ3n) is 3.83. The van der Waals surface area contributed by atoms with Gasteiger partial charge in [-0.2, -0.15) is 0 Å². The first-order valence-corrected chi connectivity index (χ1v) is 8.49. The molecule has 0 atom stereocenters. The molecular weight excluding hydrogens is 368 g/mol. The second kappa shape index (κ2) is 7.62. The fourth-order valence-electron chi connectivity index (χ4n) is 2.65. The summed E-state index contributed by atoms with van der Waals surface area (Å²) in [6.07, 6.45) is 0. The van der Waals surface area contributed by atoms with Crippen LogP contribution in [0.2, 0.25) is 0 Å². The number of anilines is 2. The highest BCUT2D eigenvalue weighted by atomic mass is 79.9. The molecule has 0 aliphatic heterocycles. The van der Waals surface area contributed by atoms with Crippen LogP contribution in [-0.4, -0.2) is 18.4 Å². The molecule has 2 aromatic rings. The lowest BCUT2D eigenvalue weighted by Crippen LogP contribution is -2.37. The lowest BCUT2D eigenvalue weighted by Gasteiger charge is -2.24. The molecule has 24 heavy (non-hydrogen) atoms. The van der Waals surface area contributed by atoms with Crippen LogP contribution in [0.1, 0.15) is 23.6 Å². The van der Waals surface area contributed by atoms with Gasteiger partial charge in [-0.1, -0.05) is 34.1 Å². The number of nitrogens with zero attached hydrogens (tertiary/aromatic N) is 1. The van der Waals surface area contributed by atoms with Crippen LogP contribution in [-0.2, 0) is 9.59 Å². The Balaban J connectivity index is 2.20. The van der Waals surface area contributed by atoms with Crippen molar-refractivity contribution < 1.29 is 9.59 Å². The SMILES string of the molecule is CC(=O)N(CC(=O)Nc1ccc(Br)c(C)c1)c1c(C)cccc1C. The Bertz CT molecular complexity index is 767. The molecule has 0 aromatic heterocycles. The van der Waals surface area contributed by atoms with Crippen LogP contribution >= 0.6 is 15.9 Å². The summed E-state index contributed by atoms with van der Waals surface area (Å²) in [4.78, 5) is 26.0. The number of carbonyl (C=O) groups excluding carboxylic acids is 2. The van der Waals surface area contributed by atoms with Gasteiger partial charge in [0.25, 0.3) is 0 Å². The molecule has 2 rings (SSSR count). The van der Waals surface area contributed by atoms with Crippen molar-refractivity contribution in [2.24, 2.45) is 0 Å². The van der Waals surface area contributed by atoms with Crippen molar-refractivity contribution >= 4 is 39.1 Å². The summed E-state index contributed by atoms with van der Waals surface area (Å²) in [5.41, 5.74) is 4.48. The van der Waals surface area contributed by atoms with E-state index < -0.39 is 0 Å². The van der Waals surface area contributed by atoms with Crippen molar-refractivity contribution in [1.82, 2.24) is 0 Å². The van der Waals surface area contributed by atoms with E-state index in [1.165, 1.54) is 11.8 Å². The minimum Gasteiger partial charge on any atom is -0.325 e. The zero-order valence-electron chi connectivity index (χ0n) is 14.3. The van der Waals surface area contributed by atoms with Crippen molar-refractivity contribution in [3.63, 3.8) is 0 Å². The number of halogens is 1. The molecule has 0 bridgehead atoms. The number of hydrogen-bond donors (Lipinski definition) is 1. The summed E-state index contributed by atoms with van der Waals surface area (Å²) in [7, 11) is 0. The normalized spacial score (nSPS) is 10.4. The van der Waals surface area contributed by atoms with E-state index in [2.05, 4.69) is 21.2 Å². The minimum absolute atomic E-state index is 0.0177. The Morgan fingerprint density at radius 1 is 1.04 bits per heavy atom. The van der Waals surface area contributed by atoms with Crippen LogP contribution in [0, 0.1) is 20.8 Å². The molecule has 0 saturated carbocycles. The fraction of sp³-hybridized carbons (Fsp3) is 0.263. The number of nitrogens with one attached hydrogen (secondary N) is 1. The second-order valence-electron chi connectivity index (χ2n) is 5.86. The molecule has 2 aromatic carbocycles. The van der Waals surface area contributed by atoms with Gasteiger partial charge in [0.2, 0.25) is 11.8 Å². The first-order valence-electron chi connectivity index (χ1n) is 7.70. The molecule has 5 heteroatoms. The highest BCUT2D eigenvalue weighted by Crippen LogP contribution is 2.25. The second-order valence-corrected chi connectivity index (χ2v) is 6.71. The molecular formula is C19H21BrN2O2. The average molecular weight is 389 g/mol. The summed E-state index contributed by atoms with van der Waals surface area (Å²) in [6, 6.07) is 11.4. The topological polar surface area (TPSA) is 49.4 Å². The van der Waals surface area contributed by atoms with E-state index in [0.29, 0.717) is 5.69 Å². The van der Waals surface area contributed by atoms with Crippen molar-refractivity contribution in [2.45, 2.75) is 27.7 Å². The quantitative estimate of drug-likeness (QED) is 0.845. The molecule has 0 unspecified atom stereocenters. The number of carbonyl (C=O) groups is 2. The maximum absolute atomic E-state index is 12.4. The summed E-state index contributed by atoms with van der Waals surface area (Å²) < 4.78 is 0.987. The predicted molar refractivity (Wildman–Crippen MR) is 101 cm³/mol. The van der Waals surface area contributed by atoms with Crippen molar-refractivity contribution in [1.29, 1.82) is 0 Å². The van der Waals surface area contributed by atoms with Crippen molar-refractivity contribution in [3.8, 4) is 0 Å². The van der Waals surface area contributed by atoms with Gasteiger partial charge in [0.05, 0.1) is 5.69 Å². The van der Waals surface area contributed by atoms with E-state index in [4.69, 9.17) is 0 Å². The molecule has 126 valence electrons. The van der Waals surface area contributed by atoms with Gasteiger partial charge in [-0.05, 0) is 55.7 Å². The molecule has 0 heterocycles. The molecule has 0 radical (unpaired) electrons. The number of amides is 2. The average Bonchev–Trinajstić information content (AvgIpc) is 2.49. The number of hydrogen-bond acceptors (Lipinski definition) is 2. The van der Waals surface area contributed by atoms with Gasteiger partial charge in [0, 0.05) is 17.1 Å². The van der Waals surface area contributed by atoms with Gasteiger partial charge in [-0.3, -0.25) is 9.59 Å². The smallest absolute Gasteiger partial charge is 0.244 e. The molecule has 4 nitrogen and oxygen atoms in total. The zero-order valence-corrected chi connectivity index (χ0v) is 15.9. The minimum atomic E-state index is -0.227. The number of para-hydroxylation sites is 1. The first kappa shape index (κ1) is 18.2. The van der Waals surface area contributed by atoms with E-state index in [1.807, 2.05) is 57.2 Å². The van der Waals surface area contributed by atoms with Gasteiger partial charge < -0.3 is 10.2 Å². The number of rotatable bonds is 4. The Morgan fingerprint density at radius 2 is 1.67 bits per heavy atom. The van der Waals surface area contributed by atoms with E-state index >= 15 is 0 Å². The fourth-order valence-corrected chi connectivity index (χ4v) is 2.89. The van der Waals surface area contributed by atoms with Gasteiger partial charge in [-0.15, -0.1) is 0 Å². The summed E-state index contributed by atoms with van der Waals surface area (Å²) in [6.45, 7) is 7.29. The van der Waals surface area contributed by atoms with Crippen molar-refractivity contribution in [3.05, 3.63) is 57.6 Å². The summed E-state index contributed by atoms with van der Waals surface area (Å²) >= 11 is 3.44. The van der Waals surface area contributed by atoms with E-state index in [-0.39, 0.29) is 18.4 Å². The molecule has 0 aliphatic rings. The van der Waals surface area contributed by atoms with E-state index in [1.54, 1.807) is 0 Å². The summed E-state index contributed by atoms with van der Waals surface area (Å²) in [5, 5.41) is 2.85. The molecule has 0 saturated heterocycles. The number of aryl methyl sites for hydroxylation is 3. The van der Waals surface area contributed by atoms with Crippen LogP contribution in [0.15, 0.2) is 40.9 Å². The van der Waals surface area contributed by atoms with Gasteiger partial charge in [-0.25, -0.2) is 0 Å². The molecule has 2 amide bonds. The Kier molecular flexibility index (Phi) is 5.78. The third kappa shape index (κ3) is 4.23. The Labute approximate surface area is 151 Å². The van der Waals surface area contributed by atoms with E-state index in [9.17, 15) is 9.59 Å².